The topological polar surface area (TPSA) is 12.9 Å². The highest BCUT2D eigenvalue weighted by molar-refractivity contribution is 5.86. The van der Waals surface area contributed by atoms with Crippen LogP contribution in [0.3, 0.4) is 0 Å². The Labute approximate surface area is 97.5 Å². The molecule has 1 aromatic carbocycles. The van der Waals surface area contributed by atoms with Gasteiger partial charge in [-0.15, -0.1) is 0 Å². The van der Waals surface area contributed by atoms with Gasteiger partial charge in [-0.05, 0) is 49.9 Å². The summed E-state index contributed by atoms with van der Waals surface area (Å²) in [5, 5.41) is 1.32. The summed E-state index contributed by atoms with van der Waals surface area (Å²) in [4.78, 5) is 4.66. The fourth-order valence-electron chi connectivity index (χ4n) is 2.32. The molecule has 1 heterocycles. The van der Waals surface area contributed by atoms with Crippen LogP contribution in [-0.2, 0) is 0 Å². The molecule has 0 atom stereocenters. The number of rotatable bonds is 1. The smallest absolute Gasteiger partial charge is 0.0737 e. The van der Waals surface area contributed by atoms with E-state index in [1.807, 2.05) is 0 Å². The molecule has 0 radical (unpaired) electrons. The second-order valence-electron chi connectivity index (χ2n) is 4.99. The zero-order valence-corrected chi connectivity index (χ0v) is 10.8. The van der Waals surface area contributed by atoms with E-state index in [0.29, 0.717) is 5.92 Å². The first-order valence-electron chi connectivity index (χ1n) is 5.87. The highest BCUT2D eigenvalue weighted by Crippen LogP contribution is 2.28. The molecule has 0 aliphatic carbocycles. The highest BCUT2D eigenvalue weighted by Gasteiger charge is 2.09. The third-order valence-electron chi connectivity index (χ3n) is 3.03. The fraction of sp³-hybridized carbons (Fsp3) is 0.400. The summed E-state index contributed by atoms with van der Waals surface area (Å²) in [7, 11) is 0. The average molecular weight is 213 g/mol. The number of aryl methyl sites for hydroxylation is 3. The van der Waals surface area contributed by atoms with Gasteiger partial charge >= 0.3 is 0 Å². The maximum absolute atomic E-state index is 4.66. The van der Waals surface area contributed by atoms with Gasteiger partial charge in [0.2, 0.25) is 0 Å². The summed E-state index contributed by atoms with van der Waals surface area (Å²) < 4.78 is 0. The van der Waals surface area contributed by atoms with Crippen molar-refractivity contribution in [1.82, 2.24) is 4.98 Å². The molecule has 0 aliphatic heterocycles. The third kappa shape index (κ3) is 1.82. The minimum Gasteiger partial charge on any atom is -0.253 e. The zero-order valence-electron chi connectivity index (χ0n) is 10.8. The first-order valence-corrected chi connectivity index (χ1v) is 5.87. The molecular formula is C15H19N. The lowest BCUT2D eigenvalue weighted by Crippen LogP contribution is -1.96. The molecule has 16 heavy (non-hydrogen) atoms. The third-order valence-corrected chi connectivity index (χ3v) is 3.03. The molecule has 2 aromatic rings. The van der Waals surface area contributed by atoms with Crippen molar-refractivity contribution in [3.8, 4) is 0 Å². The Morgan fingerprint density at radius 3 is 2.31 bits per heavy atom. The Kier molecular flexibility index (Phi) is 2.71. The van der Waals surface area contributed by atoms with Crippen LogP contribution in [0, 0.1) is 20.8 Å². The molecule has 2 rings (SSSR count). The Morgan fingerprint density at radius 2 is 1.69 bits per heavy atom. The molecule has 0 fully saturated rings. The minimum absolute atomic E-state index is 0.547. The second-order valence-corrected chi connectivity index (χ2v) is 4.99. The molecule has 0 aliphatic rings. The van der Waals surface area contributed by atoms with Crippen molar-refractivity contribution >= 4 is 10.9 Å². The van der Waals surface area contributed by atoms with Gasteiger partial charge < -0.3 is 0 Å². The van der Waals surface area contributed by atoms with Crippen molar-refractivity contribution in [2.45, 2.75) is 40.5 Å². The van der Waals surface area contributed by atoms with E-state index in [9.17, 15) is 0 Å². The van der Waals surface area contributed by atoms with E-state index in [4.69, 9.17) is 0 Å². The molecule has 0 saturated carbocycles. The molecule has 0 N–H and O–H groups in total. The summed E-state index contributed by atoms with van der Waals surface area (Å²) in [6.07, 6.45) is 0. The summed E-state index contributed by atoms with van der Waals surface area (Å²) >= 11 is 0. The molecule has 1 heteroatoms. The van der Waals surface area contributed by atoms with Crippen LogP contribution < -0.4 is 0 Å². The van der Waals surface area contributed by atoms with Crippen molar-refractivity contribution in [3.63, 3.8) is 0 Å². The quantitative estimate of drug-likeness (QED) is 0.689. The lowest BCUT2D eigenvalue weighted by Gasteiger charge is -2.13. The van der Waals surface area contributed by atoms with Gasteiger partial charge in [-0.3, -0.25) is 4.98 Å². The minimum atomic E-state index is 0.547. The van der Waals surface area contributed by atoms with Crippen LogP contribution in [0.25, 0.3) is 10.9 Å². The summed E-state index contributed by atoms with van der Waals surface area (Å²) in [5.74, 6) is 0.547. The molecular weight excluding hydrogens is 194 g/mol. The summed E-state index contributed by atoms with van der Waals surface area (Å²) in [5.41, 5.74) is 6.28. The predicted octanol–water partition coefficient (Wildman–Crippen LogP) is 4.28. The Bertz CT molecular complexity index is 539. The number of aromatic nitrogens is 1. The SMILES string of the molecule is Cc1cc(C)c2nc(C)cc(C(C)C)c2c1. The van der Waals surface area contributed by atoms with Gasteiger partial charge in [0.1, 0.15) is 0 Å². The van der Waals surface area contributed by atoms with Crippen molar-refractivity contribution in [2.24, 2.45) is 0 Å². The van der Waals surface area contributed by atoms with Gasteiger partial charge in [-0.25, -0.2) is 0 Å². The van der Waals surface area contributed by atoms with Crippen molar-refractivity contribution < 1.29 is 0 Å². The molecule has 0 bridgehead atoms. The van der Waals surface area contributed by atoms with Crippen LogP contribution in [-0.4, -0.2) is 4.98 Å². The van der Waals surface area contributed by atoms with Gasteiger partial charge in [0.05, 0.1) is 5.52 Å². The van der Waals surface area contributed by atoms with E-state index in [0.717, 1.165) is 11.2 Å². The van der Waals surface area contributed by atoms with Crippen LogP contribution in [0.4, 0.5) is 0 Å². The fourth-order valence-corrected chi connectivity index (χ4v) is 2.32. The Balaban J connectivity index is 2.89. The van der Waals surface area contributed by atoms with E-state index in [2.05, 4.69) is 57.8 Å². The summed E-state index contributed by atoms with van der Waals surface area (Å²) in [6, 6.07) is 6.68. The van der Waals surface area contributed by atoms with Crippen LogP contribution in [0.2, 0.25) is 0 Å². The Hall–Kier alpha value is -1.37. The largest absolute Gasteiger partial charge is 0.253 e. The van der Waals surface area contributed by atoms with E-state index in [1.54, 1.807) is 0 Å². The van der Waals surface area contributed by atoms with Gasteiger partial charge in [0.15, 0.2) is 0 Å². The lowest BCUT2D eigenvalue weighted by atomic mass is 9.95. The van der Waals surface area contributed by atoms with Gasteiger partial charge in [-0.1, -0.05) is 25.5 Å². The number of pyridine rings is 1. The van der Waals surface area contributed by atoms with Crippen LogP contribution >= 0.6 is 0 Å². The number of hydrogen-bond acceptors (Lipinski definition) is 1. The van der Waals surface area contributed by atoms with Gasteiger partial charge in [0.25, 0.3) is 0 Å². The maximum atomic E-state index is 4.66. The lowest BCUT2D eigenvalue weighted by molar-refractivity contribution is 0.871. The van der Waals surface area contributed by atoms with E-state index < -0.39 is 0 Å². The maximum Gasteiger partial charge on any atom is 0.0737 e. The molecule has 0 amide bonds. The molecule has 84 valence electrons. The number of benzene rings is 1. The molecule has 0 spiro atoms. The van der Waals surface area contributed by atoms with E-state index in [1.165, 1.54) is 22.1 Å². The van der Waals surface area contributed by atoms with Crippen molar-refractivity contribution in [2.75, 3.05) is 0 Å². The van der Waals surface area contributed by atoms with Gasteiger partial charge in [0, 0.05) is 11.1 Å². The van der Waals surface area contributed by atoms with E-state index in [-0.39, 0.29) is 0 Å². The summed E-state index contributed by atoms with van der Waals surface area (Å²) in [6.45, 7) is 10.9. The molecule has 1 aromatic heterocycles. The normalized spacial score (nSPS) is 11.4. The van der Waals surface area contributed by atoms with E-state index >= 15 is 0 Å². The first-order chi connectivity index (χ1) is 7.49. The van der Waals surface area contributed by atoms with Crippen LogP contribution in [0.1, 0.15) is 42.1 Å². The monoisotopic (exact) mass is 213 g/mol. The van der Waals surface area contributed by atoms with Crippen molar-refractivity contribution in [1.29, 1.82) is 0 Å². The standard InChI is InChI=1S/C15H19N/c1-9(2)13-8-12(5)16-15-11(4)6-10(3)7-14(13)15/h6-9H,1-5H3. The average Bonchev–Trinajstić information content (AvgIpc) is 2.18. The molecule has 1 nitrogen and oxygen atoms in total. The number of hydrogen-bond donors (Lipinski definition) is 0. The van der Waals surface area contributed by atoms with Crippen molar-refractivity contribution in [3.05, 3.63) is 40.6 Å². The zero-order chi connectivity index (χ0) is 11.9. The number of fused-ring (bicyclic) bond motifs is 1. The first kappa shape index (κ1) is 11.1. The predicted molar refractivity (Wildman–Crippen MR) is 70.0 cm³/mol. The second kappa shape index (κ2) is 3.89. The Morgan fingerprint density at radius 1 is 1.00 bits per heavy atom. The molecule has 0 saturated heterocycles. The molecule has 0 unspecified atom stereocenters. The van der Waals surface area contributed by atoms with Crippen LogP contribution in [0.15, 0.2) is 18.2 Å². The van der Waals surface area contributed by atoms with Crippen LogP contribution in [0.5, 0.6) is 0 Å². The van der Waals surface area contributed by atoms with Gasteiger partial charge in [-0.2, -0.15) is 0 Å². The number of nitrogens with zero attached hydrogens (tertiary/aromatic N) is 1. The highest BCUT2D eigenvalue weighted by atomic mass is 14.7.